The standard InChI is InChI=1S/C32H32FN3O2/c1-5-9-30-35-32(37)31(27-17-16-25(18-28(27)33)38-21(3)4)29(6-2)36(30)20-22-12-14-23(15-13-22)26-11-8-7-10-24(26)19-34/h7-8,10-18,21H,5-6,9,20H2,1-4H3. The van der Waals surface area contributed by atoms with E-state index in [-0.39, 0.29) is 11.7 Å². The summed E-state index contributed by atoms with van der Waals surface area (Å²) in [5.41, 5.74) is 4.35. The van der Waals surface area contributed by atoms with Crippen LogP contribution in [0.1, 0.15) is 56.8 Å². The van der Waals surface area contributed by atoms with Gasteiger partial charge in [-0.25, -0.2) is 4.39 Å². The largest absolute Gasteiger partial charge is 0.491 e. The first-order valence-electron chi connectivity index (χ1n) is 13.0. The van der Waals surface area contributed by atoms with Gasteiger partial charge in [0.2, 0.25) is 0 Å². The Labute approximate surface area is 223 Å². The summed E-state index contributed by atoms with van der Waals surface area (Å²) in [6, 6.07) is 22.4. The molecule has 38 heavy (non-hydrogen) atoms. The monoisotopic (exact) mass is 509 g/mol. The van der Waals surface area contributed by atoms with Crippen LogP contribution in [-0.2, 0) is 19.4 Å². The summed E-state index contributed by atoms with van der Waals surface area (Å²) in [5.74, 6) is 0.609. The summed E-state index contributed by atoms with van der Waals surface area (Å²) >= 11 is 0. The number of hydrogen-bond donors (Lipinski definition) is 0. The van der Waals surface area contributed by atoms with E-state index in [2.05, 4.69) is 15.6 Å². The highest BCUT2D eigenvalue weighted by molar-refractivity contribution is 5.70. The Kier molecular flexibility index (Phi) is 8.38. The maximum absolute atomic E-state index is 15.3. The van der Waals surface area contributed by atoms with Crippen molar-refractivity contribution in [3.05, 3.63) is 106 Å². The Morgan fingerprint density at radius 3 is 2.39 bits per heavy atom. The van der Waals surface area contributed by atoms with E-state index >= 15 is 4.39 Å². The summed E-state index contributed by atoms with van der Waals surface area (Å²) in [6.45, 7) is 8.27. The highest BCUT2D eigenvalue weighted by Crippen LogP contribution is 2.29. The zero-order chi connectivity index (χ0) is 27.2. The van der Waals surface area contributed by atoms with Gasteiger partial charge in [-0.15, -0.1) is 0 Å². The minimum absolute atomic E-state index is 0.0848. The molecule has 0 N–H and O–H groups in total. The van der Waals surface area contributed by atoms with Gasteiger partial charge in [-0.05, 0) is 61.6 Å². The molecule has 1 heterocycles. The maximum Gasteiger partial charge on any atom is 0.281 e. The van der Waals surface area contributed by atoms with Crippen LogP contribution in [-0.4, -0.2) is 15.7 Å². The molecule has 1 aromatic heterocycles. The summed E-state index contributed by atoms with van der Waals surface area (Å²) in [6.07, 6.45) is 1.92. The van der Waals surface area contributed by atoms with Gasteiger partial charge in [-0.1, -0.05) is 56.3 Å². The van der Waals surface area contributed by atoms with Crippen molar-refractivity contribution in [2.75, 3.05) is 0 Å². The normalized spacial score (nSPS) is 11.0. The van der Waals surface area contributed by atoms with Crippen molar-refractivity contribution in [2.24, 2.45) is 0 Å². The summed E-state index contributed by atoms with van der Waals surface area (Å²) in [7, 11) is 0. The molecule has 0 aliphatic heterocycles. The van der Waals surface area contributed by atoms with Gasteiger partial charge in [-0.2, -0.15) is 10.2 Å². The summed E-state index contributed by atoms with van der Waals surface area (Å²) in [5, 5.41) is 9.46. The second kappa shape index (κ2) is 11.9. The lowest BCUT2D eigenvalue weighted by Crippen LogP contribution is -2.25. The zero-order valence-corrected chi connectivity index (χ0v) is 22.3. The molecule has 0 unspecified atom stereocenters. The van der Waals surface area contributed by atoms with Crippen LogP contribution in [0.15, 0.2) is 71.5 Å². The highest BCUT2D eigenvalue weighted by Gasteiger charge is 2.20. The molecule has 0 amide bonds. The fraction of sp³-hybridized carbons (Fsp3) is 0.281. The first-order valence-corrected chi connectivity index (χ1v) is 13.0. The number of halogens is 1. The average molecular weight is 510 g/mol. The molecule has 3 aromatic carbocycles. The van der Waals surface area contributed by atoms with E-state index in [1.807, 2.05) is 76.2 Å². The number of ether oxygens (including phenoxy) is 1. The predicted octanol–water partition coefficient (Wildman–Crippen LogP) is 6.94. The molecule has 0 saturated carbocycles. The van der Waals surface area contributed by atoms with E-state index in [4.69, 9.17) is 4.74 Å². The van der Waals surface area contributed by atoms with Crippen molar-refractivity contribution in [3.8, 4) is 34.1 Å². The molecule has 194 valence electrons. The number of benzene rings is 3. The Morgan fingerprint density at radius 1 is 1.03 bits per heavy atom. The van der Waals surface area contributed by atoms with Crippen LogP contribution in [0.25, 0.3) is 22.3 Å². The average Bonchev–Trinajstić information content (AvgIpc) is 2.90. The van der Waals surface area contributed by atoms with E-state index in [1.54, 1.807) is 12.1 Å². The van der Waals surface area contributed by atoms with Crippen LogP contribution in [0.5, 0.6) is 5.75 Å². The minimum Gasteiger partial charge on any atom is -0.491 e. The maximum atomic E-state index is 15.3. The van der Waals surface area contributed by atoms with Crippen LogP contribution < -0.4 is 10.3 Å². The molecule has 0 bridgehead atoms. The van der Waals surface area contributed by atoms with Gasteiger partial charge in [0, 0.05) is 30.3 Å². The van der Waals surface area contributed by atoms with E-state index in [9.17, 15) is 10.1 Å². The van der Waals surface area contributed by atoms with E-state index in [0.29, 0.717) is 42.1 Å². The van der Waals surface area contributed by atoms with Gasteiger partial charge < -0.3 is 9.30 Å². The van der Waals surface area contributed by atoms with Crippen molar-refractivity contribution >= 4 is 0 Å². The fourth-order valence-corrected chi connectivity index (χ4v) is 4.74. The summed E-state index contributed by atoms with van der Waals surface area (Å²) in [4.78, 5) is 17.6. The van der Waals surface area contributed by atoms with Crippen molar-refractivity contribution in [2.45, 2.75) is 59.6 Å². The van der Waals surface area contributed by atoms with Gasteiger partial charge in [-0.3, -0.25) is 4.79 Å². The van der Waals surface area contributed by atoms with Crippen molar-refractivity contribution in [1.29, 1.82) is 5.26 Å². The number of nitrogens with zero attached hydrogens (tertiary/aromatic N) is 3. The number of nitriles is 1. The van der Waals surface area contributed by atoms with E-state index < -0.39 is 11.4 Å². The van der Waals surface area contributed by atoms with Crippen LogP contribution in [0.3, 0.4) is 0 Å². The molecule has 6 heteroatoms. The number of rotatable bonds is 9. The molecule has 0 atom stereocenters. The summed E-state index contributed by atoms with van der Waals surface area (Å²) < 4.78 is 23.0. The first kappa shape index (κ1) is 26.8. The highest BCUT2D eigenvalue weighted by atomic mass is 19.1. The van der Waals surface area contributed by atoms with Gasteiger partial charge in [0.15, 0.2) is 0 Å². The van der Waals surface area contributed by atoms with Crippen LogP contribution in [0.2, 0.25) is 0 Å². The molecule has 5 nitrogen and oxygen atoms in total. The molecule has 0 spiro atoms. The molecule has 4 aromatic rings. The molecular weight excluding hydrogens is 477 g/mol. The second-order valence-corrected chi connectivity index (χ2v) is 9.51. The Hall–Kier alpha value is -4.24. The fourth-order valence-electron chi connectivity index (χ4n) is 4.74. The van der Waals surface area contributed by atoms with Crippen LogP contribution in [0.4, 0.5) is 4.39 Å². The third-order valence-corrected chi connectivity index (χ3v) is 6.41. The third kappa shape index (κ3) is 5.68. The Balaban J connectivity index is 1.78. The molecule has 0 saturated heterocycles. The van der Waals surface area contributed by atoms with Gasteiger partial charge in [0.25, 0.3) is 5.56 Å². The van der Waals surface area contributed by atoms with Gasteiger partial charge in [0.1, 0.15) is 17.4 Å². The number of aryl methyl sites for hydroxylation is 1. The molecular formula is C32H32FN3O2. The zero-order valence-electron chi connectivity index (χ0n) is 22.3. The Bertz CT molecular complexity index is 1530. The molecule has 0 radical (unpaired) electrons. The predicted molar refractivity (Wildman–Crippen MR) is 149 cm³/mol. The van der Waals surface area contributed by atoms with Crippen LogP contribution >= 0.6 is 0 Å². The van der Waals surface area contributed by atoms with E-state index in [0.717, 1.165) is 28.8 Å². The van der Waals surface area contributed by atoms with Crippen LogP contribution in [0, 0.1) is 17.1 Å². The molecule has 4 rings (SSSR count). The molecule has 0 aliphatic rings. The molecule has 0 aliphatic carbocycles. The number of aromatic nitrogens is 2. The lowest BCUT2D eigenvalue weighted by molar-refractivity contribution is 0.241. The SMILES string of the molecule is CCCc1nc(=O)c(-c2ccc(OC(C)C)cc2F)c(CC)n1Cc1ccc(-c2ccccc2C#N)cc1. The second-order valence-electron chi connectivity index (χ2n) is 9.51. The molecule has 0 fully saturated rings. The van der Waals surface area contributed by atoms with Crippen molar-refractivity contribution < 1.29 is 9.13 Å². The smallest absolute Gasteiger partial charge is 0.281 e. The lowest BCUT2D eigenvalue weighted by Gasteiger charge is -2.21. The van der Waals surface area contributed by atoms with E-state index in [1.165, 1.54) is 6.07 Å². The number of hydrogen-bond acceptors (Lipinski definition) is 4. The van der Waals surface area contributed by atoms with Gasteiger partial charge in [0.05, 0.1) is 23.3 Å². The lowest BCUT2D eigenvalue weighted by atomic mass is 9.99. The van der Waals surface area contributed by atoms with Crippen molar-refractivity contribution in [1.82, 2.24) is 9.55 Å². The third-order valence-electron chi connectivity index (χ3n) is 6.41. The quantitative estimate of drug-likeness (QED) is 0.245. The topological polar surface area (TPSA) is 67.9 Å². The van der Waals surface area contributed by atoms with Gasteiger partial charge >= 0.3 is 0 Å². The van der Waals surface area contributed by atoms with Crippen molar-refractivity contribution in [3.63, 3.8) is 0 Å². The first-order chi connectivity index (χ1) is 18.4. The minimum atomic E-state index is -0.507. The Morgan fingerprint density at radius 2 is 1.76 bits per heavy atom.